The van der Waals surface area contributed by atoms with Crippen LogP contribution in [-0.2, 0) is 6.42 Å². The average molecular weight is 258 g/mol. The molecule has 3 rings (SSSR count). The predicted octanol–water partition coefficient (Wildman–Crippen LogP) is 3.12. The normalized spacial score (nSPS) is 11.3. The topological polar surface area (TPSA) is 66.0 Å². The first kappa shape index (κ1) is 11.6. The van der Waals surface area contributed by atoms with Gasteiger partial charge in [-0.15, -0.1) is 0 Å². The molecule has 0 spiro atoms. The third-order valence-electron chi connectivity index (χ3n) is 3.26. The molecule has 0 aliphatic rings. The Morgan fingerprint density at radius 1 is 1.42 bits per heavy atom. The van der Waals surface area contributed by atoms with E-state index in [-0.39, 0.29) is 11.5 Å². The molecule has 0 saturated heterocycles. The number of H-pyrrole nitrogens is 1. The standard InChI is InChI=1S/C14H11FN2O2/c1-2-8-12-9-5-7(15)3-4-10(9)17-11(12)6-16-13(8)14(18)19/h3-6,17H,2H2,1H3,(H,18,19). The second-order valence-corrected chi connectivity index (χ2v) is 4.35. The molecule has 96 valence electrons. The van der Waals surface area contributed by atoms with Gasteiger partial charge in [0.25, 0.3) is 0 Å². The number of carboxylic acids is 1. The summed E-state index contributed by atoms with van der Waals surface area (Å²) in [5, 5.41) is 10.6. The van der Waals surface area contributed by atoms with Crippen LogP contribution in [0.1, 0.15) is 23.0 Å². The molecule has 2 heterocycles. The summed E-state index contributed by atoms with van der Waals surface area (Å²) < 4.78 is 13.4. The van der Waals surface area contributed by atoms with Gasteiger partial charge in [0, 0.05) is 16.3 Å². The van der Waals surface area contributed by atoms with Gasteiger partial charge in [0.05, 0.1) is 11.7 Å². The number of halogens is 1. The summed E-state index contributed by atoms with van der Waals surface area (Å²) in [5.41, 5.74) is 2.15. The maximum atomic E-state index is 13.4. The van der Waals surface area contributed by atoms with E-state index in [0.717, 1.165) is 16.4 Å². The first-order chi connectivity index (χ1) is 9.11. The molecule has 0 unspecified atom stereocenters. The number of aromatic amines is 1. The lowest BCUT2D eigenvalue weighted by atomic mass is 10.0. The molecule has 0 aliphatic heterocycles. The fraction of sp³-hybridized carbons (Fsp3) is 0.143. The minimum Gasteiger partial charge on any atom is -0.477 e. The minimum atomic E-state index is -1.07. The fourth-order valence-corrected chi connectivity index (χ4v) is 2.46. The van der Waals surface area contributed by atoms with Crippen LogP contribution in [0.2, 0.25) is 0 Å². The van der Waals surface area contributed by atoms with E-state index in [1.165, 1.54) is 18.3 Å². The maximum absolute atomic E-state index is 13.4. The van der Waals surface area contributed by atoms with Crippen LogP contribution in [0.15, 0.2) is 24.4 Å². The largest absolute Gasteiger partial charge is 0.477 e. The molecular formula is C14H11FN2O2. The Balaban J connectivity index is 2.52. The number of aromatic carboxylic acids is 1. The van der Waals surface area contributed by atoms with Gasteiger partial charge in [-0.05, 0) is 30.2 Å². The molecule has 0 radical (unpaired) electrons. The van der Waals surface area contributed by atoms with Gasteiger partial charge in [-0.3, -0.25) is 0 Å². The number of fused-ring (bicyclic) bond motifs is 3. The van der Waals surface area contributed by atoms with E-state index in [4.69, 9.17) is 0 Å². The third-order valence-corrected chi connectivity index (χ3v) is 3.26. The van der Waals surface area contributed by atoms with Crippen molar-refractivity contribution in [2.75, 3.05) is 0 Å². The van der Waals surface area contributed by atoms with Crippen molar-refractivity contribution in [1.82, 2.24) is 9.97 Å². The SMILES string of the molecule is CCc1c(C(=O)O)ncc2[nH]c3ccc(F)cc3c12. The molecule has 3 aromatic rings. The Labute approximate surface area is 107 Å². The van der Waals surface area contributed by atoms with Crippen molar-refractivity contribution in [2.45, 2.75) is 13.3 Å². The molecule has 0 fully saturated rings. The highest BCUT2D eigenvalue weighted by molar-refractivity contribution is 6.10. The first-order valence-corrected chi connectivity index (χ1v) is 5.94. The monoisotopic (exact) mass is 258 g/mol. The van der Waals surface area contributed by atoms with E-state index in [1.54, 1.807) is 6.07 Å². The van der Waals surface area contributed by atoms with E-state index >= 15 is 0 Å². The van der Waals surface area contributed by atoms with E-state index in [0.29, 0.717) is 17.4 Å². The molecule has 0 atom stereocenters. The van der Waals surface area contributed by atoms with E-state index in [1.807, 2.05) is 6.92 Å². The molecule has 2 N–H and O–H groups in total. The van der Waals surface area contributed by atoms with Gasteiger partial charge >= 0.3 is 5.97 Å². The molecule has 0 amide bonds. The quantitative estimate of drug-likeness (QED) is 0.742. The second kappa shape index (κ2) is 4.05. The van der Waals surface area contributed by atoms with Crippen molar-refractivity contribution < 1.29 is 14.3 Å². The molecule has 0 saturated carbocycles. The number of hydrogen-bond acceptors (Lipinski definition) is 2. The number of benzene rings is 1. The fourth-order valence-electron chi connectivity index (χ4n) is 2.46. The Kier molecular flexibility index (Phi) is 2.48. The molecule has 2 aromatic heterocycles. The number of hydrogen-bond donors (Lipinski definition) is 2. The number of pyridine rings is 1. The van der Waals surface area contributed by atoms with Gasteiger partial charge in [-0.2, -0.15) is 0 Å². The Hall–Kier alpha value is -2.43. The smallest absolute Gasteiger partial charge is 0.354 e. The van der Waals surface area contributed by atoms with Crippen molar-refractivity contribution in [1.29, 1.82) is 0 Å². The summed E-state index contributed by atoms with van der Waals surface area (Å²) in [5.74, 6) is -1.41. The summed E-state index contributed by atoms with van der Waals surface area (Å²) >= 11 is 0. The van der Waals surface area contributed by atoms with Crippen LogP contribution in [0.5, 0.6) is 0 Å². The third kappa shape index (κ3) is 1.66. The number of aryl methyl sites for hydroxylation is 1. The lowest BCUT2D eigenvalue weighted by Gasteiger charge is -2.04. The van der Waals surface area contributed by atoms with Gasteiger partial charge in [0.15, 0.2) is 5.69 Å². The summed E-state index contributed by atoms with van der Waals surface area (Å²) in [6.45, 7) is 1.86. The van der Waals surface area contributed by atoms with Gasteiger partial charge in [-0.25, -0.2) is 14.2 Å². The number of nitrogens with zero attached hydrogens (tertiary/aromatic N) is 1. The van der Waals surface area contributed by atoms with Crippen molar-refractivity contribution in [2.24, 2.45) is 0 Å². The molecular weight excluding hydrogens is 247 g/mol. The first-order valence-electron chi connectivity index (χ1n) is 5.94. The van der Waals surface area contributed by atoms with Gasteiger partial charge in [-0.1, -0.05) is 6.92 Å². The van der Waals surface area contributed by atoms with E-state index in [9.17, 15) is 14.3 Å². The lowest BCUT2D eigenvalue weighted by Crippen LogP contribution is -2.05. The van der Waals surface area contributed by atoms with Crippen LogP contribution in [-0.4, -0.2) is 21.0 Å². The summed E-state index contributed by atoms with van der Waals surface area (Å²) in [4.78, 5) is 18.3. The van der Waals surface area contributed by atoms with Crippen molar-refractivity contribution in [3.63, 3.8) is 0 Å². The van der Waals surface area contributed by atoms with E-state index < -0.39 is 5.97 Å². The van der Waals surface area contributed by atoms with Crippen LogP contribution in [0.3, 0.4) is 0 Å². The van der Waals surface area contributed by atoms with Crippen LogP contribution < -0.4 is 0 Å². The highest BCUT2D eigenvalue weighted by atomic mass is 19.1. The highest BCUT2D eigenvalue weighted by Crippen LogP contribution is 2.30. The van der Waals surface area contributed by atoms with Crippen molar-refractivity contribution in [3.8, 4) is 0 Å². The highest BCUT2D eigenvalue weighted by Gasteiger charge is 2.17. The lowest BCUT2D eigenvalue weighted by molar-refractivity contribution is 0.0689. The molecule has 19 heavy (non-hydrogen) atoms. The summed E-state index contributed by atoms with van der Waals surface area (Å²) in [6, 6.07) is 4.43. The summed E-state index contributed by atoms with van der Waals surface area (Å²) in [7, 11) is 0. The number of aromatic nitrogens is 2. The number of carboxylic acid groups (broad SMARTS) is 1. The molecule has 1 aromatic carbocycles. The number of rotatable bonds is 2. The molecule has 0 aliphatic carbocycles. The Bertz CT molecular complexity index is 808. The second-order valence-electron chi connectivity index (χ2n) is 4.35. The summed E-state index contributed by atoms with van der Waals surface area (Å²) in [6.07, 6.45) is 2.01. The van der Waals surface area contributed by atoms with Gasteiger partial charge < -0.3 is 10.1 Å². The average Bonchev–Trinajstić information content (AvgIpc) is 2.75. The molecule has 4 nitrogen and oxygen atoms in total. The van der Waals surface area contributed by atoms with Gasteiger partial charge in [0.2, 0.25) is 0 Å². The Morgan fingerprint density at radius 2 is 2.21 bits per heavy atom. The zero-order chi connectivity index (χ0) is 13.6. The van der Waals surface area contributed by atoms with Crippen molar-refractivity contribution in [3.05, 3.63) is 41.5 Å². The minimum absolute atomic E-state index is 0.0279. The predicted molar refractivity (Wildman–Crippen MR) is 69.9 cm³/mol. The van der Waals surface area contributed by atoms with Crippen LogP contribution in [0.4, 0.5) is 4.39 Å². The zero-order valence-electron chi connectivity index (χ0n) is 10.2. The number of carbonyl (C=O) groups is 1. The van der Waals surface area contributed by atoms with Crippen LogP contribution in [0.25, 0.3) is 21.8 Å². The Morgan fingerprint density at radius 3 is 2.89 bits per heavy atom. The van der Waals surface area contributed by atoms with Crippen LogP contribution >= 0.6 is 0 Å². The number of nitrogens with one attached hydrogen (secondary N) is 1. The van der Waals surface area contributed by atoms with Gasteiger partial charge in [0.1, 0.15) is 5.82 Å². The molecule has 0 bridgehead atoms. The maximum Gasteiger partial charge on any atom is 0.354 e. The van der Waals surface area contributed by atoms with Crippen molar-refractivity contribution >= 4 is 27.8 Å². The molecule has 5 heteroatoms. The van der Waals surface area contributed by atoms with Crippen LogP contribution in [0, 0.1) is 5.82 Å². The zero-order valence-corrected chi connectivity index (χ0v) is 10.2. The van der Waals surface area contributed by atoms with E-state index in [2.05, 4.69) is 9.97 Å².